The van der Waals surface area contributed by atoms with Crippen LogP contribution < -0.4 is 19.7 Å². The second-order valence-electron chi connectivity index (χ2n) is 5.21. The predicted molar refractivity (Wildman–Crippen MR) is 74.3 cm³/mol. The van der Waals surface area contributed by atoms with Crippen LogP contribution in [0.2, 0.25) is 0 Å². The fourth-order valence-electron chi connectivity index (χ4n) is 3.14. The summed E-state index contributed by atoms with van der Waals surface area (Å²) in [6, 6.07) is 1.59. The lowest BCUT2D eigenvalue weighted by Gasteiger charge is -2.29. The summed E-state index contributed by atoms with van der Waals surface area (Å²) in [6.45, 7) is 2.08. The van der Waals surface area contributed by atoms with Gasteiger partial charge >= 0.3 is 12.0 Å². The molecule has 2 atom stereocenters. The van der Waals surface area contributed by atoms with E-state index in [0.29, 0.717) is 30.1 Å². The molecular formula is C13H21N5O2. The number of hydrogen-bond donors (Lipinski definition) is 1. The van der Waals surface area contributed by atoms with Crippen molar-refractivity contribution in [3.05, 3.63) is 0 Å². The van der Waals surface area contributed by atoms with Gasteiger partial charge in [0.25, 0.3) is 0 Å². The molecule has 0 bridgehead atoms. The summed E-state index contributed by atoms with van der Waals surface area (Å²) in [7, 11) is 3.11. The van der Waals surface area contributed by atoms with E-state index in [0.717, 1.165) is 13.1 Å². The Kier molecular flexibility index (Phi) is 3.86. The minimum Gasteiger partial charge on any atom is -0.467 e. The van der Waals surface area contributed by atoms with Gasteiger partial charge in [-0.05, 0) is 32.2 Å². The van der Waals surface area contributed by atoms with Gasteiger partial charge < -0.3 is 19.7 Å². The Hall–Kier alpha value is -1.63. The molecule has 2 saturated heterocycles. The van der Waals surface area contributed by atoms with Crippen LogP contribution in [-0.4, -0.2) is 54.3 Å². The van der Waals surface area contributed by atoms with Crippen molar-refractivity contribution in [3.63, 3.8) is 0 Å². The SMILES string of the molecule is COc1nc(OC)nc(N2CCCC2C2CCCN2)n1. The summed E-state index contributed by atoms with van der Waals surface area (Å²) in [4.78, 5) is 15.1. The first-order valence-electron chi connectivity index (χ1n) is 7.16. The maximum absolute atomic E-state index is 5.13. The molecule has 3 heterocycles. The minimum absolute atomic E-state index is 0.303. The quantitative estimate of drug-likeness (QED) is 0.865. The smallest absolute Gasteiger partial charge is 0.324 e. The van der Waals surface area contributed by atoms with Crippen molar-refractivity contribution >= 4 is 5.95 Å². The first-order chi connectivity index (χ1) is 9.81. The number of anilines is 1. The largest absolute Gasteiger partial charge is 0.467 e. The van der Waals surface area contributed by atoms with Gasteiger partial charge in [-0.25, -0.2) is 0 Å². The number of nitrogens with one attached hydrogen (secondary N) is 1. The third-order valence-corrected chi connectivity index (χ3v) is 4.07. The van der Waals surface area contributed by atoms with E-state index in [1.54, 1.807) is 14.2 Å². The van der Waals surface area contributed by atoms with Crippen LogP contribution in [0, 0.1) is 0 Å². The minimum atomic E-state index is 0.303. The molecular weight excluding hydrogens is 258 g/mol. The van der Waals surface area contributed by atoms with E-state index in [1.165, 1.54) is 25.7 Å². The Morgan fingerprint density at radius 3 is 2.40 bits per heavy atom. The van der Waals surface area contributed by atoms with Gasteiger partial charge in [-0.1, -0.05) is 0 Å². The van der Waals surface area contributed by atoms with Crippen LogP contribution in [0.1, 0.15) is 25.7 Å². The second-order valence-corrected chi connectivity index (χ2v) is 5.21. The molecule has 0 radical (unpaired) electrons. The first-order valence-corrected chi connectivity index (χ1v) is 7.16. The number of rotatable bonds is 4. The fourth-order valence-corrected chi connectivity index (χ4v) is 3.14. The number of ether oxygens (including phenoxy) is 2. The standard InChI is InChI=1S/C13H21N5O2/c1-19-12-15-11(16-13(17-12)20-2)18-8-4-6-10(18)9-5-3-7-14-9/h9-10,14H,3-8H2,1-2H3. The molecule has 0 spiro atoms. The average molecular weight is 279 g/mol. The molecule has 0 aromatic carbocycles. The third-order valence-electron chi connectivity index (χ3n) is 4.07. The highest BCUT2D eigenvalue weighted by molar-refractivity contribution is 5.36. The summed E-state index contributed by atoms with van der Waals surface area (Å²) >= 11 is 0. The summed E-state index contributed by atoms with van der Waals surface area (Å²) in [5, 5.41) is 3.58. The molecule has 2 fully saturated rings. The molecule has 3 rings (SSSR count). The van der Waals surface area contributed by atoms with Gasteiger partial charge in [-0.3, -0.25) is 0 Å². The van der Waals surface area contributed by atoms with Crippen LogP contribution >= 0.6 is 0 Å². The fraction of sp³-hybridized carbons (Fsp3) is 0.769. The van der Waals surface area contributed by atoms with Crippen molar-refractivity contribution in [2.45, 2.75) is 37.8 Å². The number of hydrogen-bond acceptors (Lipinski definition) is 7. The normalized spacial score (nSPS) is 26.0. The Balaban J connectivity index is 1.86. The molecule has 20 heavy (non-hydrogen) atoms. The maximum Gasteiger partial charge on any atom is 0.324 e. The van der Waals surface area contributed by atoms with Crippen LogP contribution in [0.15, 0.2) is 0 Å². The predicted octanol–water partition coefficient (Wildman–Crippen LogP) is 0.610. The number of aromatic nitrogens is 3. The molecule has 0 saturated carbocycles. The molecule has 1 aromatic heterocycles. The van der Waals surface area contributed by atoms with Gasteiger partial charge in [-0.15, -0.1) is 4.98 Å². The Bertz CT molecular complexity index is 442. The molecule has 7 nitrogen and oxygen atoms in total. The van der Waals surface area contributed by atoms with E-state index in [1.807, 2.05) is 0 Å². The van der Waals surface area contributed by atoms with Gasteiger partial charge in [0.05, 0.1) is 14.2 Å². The van der Waals surface area contributed by atoms with Crippen molar-refractivity contribution in [2.75, 3.05) is 32.2 Å². The van der Waals surface area contributed by atoms with Crippen LogP contribution in [0.4, 0.5) is 5.95 Å². The lowest BCUT2D eigenvalue weighted by molar-refractivity contribution is 0.339. The van der Waals surface area contributed by atoms with E-state index < -0.39 is 0 Å². The summed E-state index contributed by atoms with van der Waals surface area (Å²) in [5.74, 6) is 0.657. The van der Waals surface area contributed by atoms with E-state index in [9.17, 15) is 0 Å². The number of nitrogens with zero attached hydrogens (tertiary/aromatic N) is 4. The van der Waals surface area contributed by atoms with E-state index in [4.69, 9.17) is 9.47 Å². The molecule has 1 N–H and O–H groups in total. The van der Waals surface area contributed by atoms with Crippen molar-refractivity contribution < 1.29 is 9.47 Å². The number of methoxy groups -OCH3 is 2. The lowest BCUT2D eigenvalue weighted by atomic mass is 10.0. The van der Waals surface area contributed by atoms with Gasteiger partial charge in [0.2, 0.25) is 5.95 Å². The van der Waals surface area contributed by atoms with Gasteiger partial charge in [0, 0.05) is 18.6 Å². The average Bonchev–Trinajstić information content (AvgIpc) is 3.16. The molecule has 0 aliphatic carbocycles. The van der Waals surface area contributed by atoms with Gasteiger partial charge in [0.15, 0.2) is 0 Å². The van der Waals surface area contributed by atoms with Crippen LogP contribution in [-0.2, 0) is 0 Å². The van der Waals surface area contributed by atoms with Crippen LogP contribution in [0.3, 0.4) is 0 Å². The monoisotopic (exact) mass is 279 g/mol. The lowest BCUT2D eigenvalue weighted by Crippen LogP contribution is -2.44. The zero-order chi connectivity index (χ0) is 13.9. The Morgan fingerprint density at radius 1 is 1.05 bits per heavy atom. The van der Waals surface area contributed by atoms with E-state index >= 15 is 0 Å². The van der Waals surface area contributed by atoms with Gasteiger partial charge in [0.1, 0.15) is 0 Å². The summed E-state index contributed by atoms with van der Waals surface area (Å²) < 4.78 is 10.3. The summed E-state index contributed by atoms with van der Waals surface area (Å²) in [6.07, 6.45) is 4.81. The highest BCUT2D eigenvalue weighted by Crippen LogP contribution is 2.29. The molecule has 110 valence electrons. The van der Waals surface area contributed by atoms with Crippen LogP contribution in [0.25, 0.3) is 0 Å². The zero-order valence-corrected chi connectivity index (χ0v) is 12.0. The maximum atomic E-state index is 5.13. The highest BCUT2D eigenvalue weighted by atomic mass is 16.5. The van der Waals surface area contributed by atoms with Crippen molar-refractivity contribution in [1.29, 1.82) is 0 Å². The van der Waals surface area contributed by atoms with Crippen molar-refractivity contribution in [2.24, 2.45) is 0 Å². The Morgan fingerprint density at radius 2 is 1.80 bits per heavy atom. The molecule has 2 aliphatic heterocycles. The van der Waals surface area contributed by atoms with Crippen LogP contribution in [0.5, 0.6) is 12.0 Å². The van der Waals surface area contributed by atoms with E-state index in [2.05, 4.69) is 25.2 Å². The van der Waals surface area contributed by atoms with Crippen molar-refractivity contribution in [1.82, 2.24) is 20.3 Å². The molecule has 2 aliphatic rings. The highest BCUT2D eigenvalue weighted by Gasteiger charge is 2.35. The third kappa shape index (κ3) is 2.49. The summed E-state index contributed by atoms with van der Waals surface area (Å²) in [5.41, 5.74) is 0. The van der Waals surface area contributed by atoms with E-state index in [-0.39, 0.29) is 0 Å². The van der Waals surface area contributed by atoms with Crippen molar-refractivity contribution in [3.8, 4) is 12.0 Å². The molecule has 7 heteroatoms. The first kappa shape index (κ1) is 13.4. The second kappa shape index (κ2) is 5.78. The molecule has 2 unspecified atom stereocenters. The molecule has 0 amide bonds. The Labute approximate surface area is 118 Å². The molecule has 1 aromatic rings. The zero-order valence-electron chi connectivity index (χ0n) is 12.0. The topological polar surface area (TPSA) is 72.4 Å². The van der Waals surface area contributed by atoms with Gasteiger partial charge in [-0.2, -0.15) is 9.97 Å².